The Bertz CT molecular complexity index is 297. The first-order chi connectivity index (χ1) is 8.78. The lowest BCUT2D eigenvalue weighted by molar-refractivity contribution is 0.0348. The van der Waals surface area contributed by atoms with Crippen LogP contribution in [0.15, 0.2) is 0 Å². The van der Waals surface area contributed by atoms with Crippen molar-refractivity contribution in [1.82, 2.24) is 4.90 Å². The van der Waals surface area contributed by atoms with Gasteiger partial charge in [0.05, 0.1) is 0 Å². The van der Waals surface area contributed by atoms with E-state index in [-0.39, 0.29) is 0 Å². The summed E-state index contributed by atoms with van der Waals surface area (Å²) in [7, 11) is 2.31. The van der Waals surface area contributed by atoms with E-state index in [1.807, 2.05) is 0 Å². The Balaban J connectivity index is 1.93. The summed E-state index contributed by atoms with van der Waals surface area (Å²) in [6.07, 6.45) is 6.72. The number of rotatable bonds is 4. The molecule has 2 aliphatic rings. The minimum absolute atomic E-state index is 0.296. The lowest BCUT2D eigenvalue weighted by atomic mass is 9.67. The quantitative estimate of drug-likeness (QED) is 0.844. The minimum Gasteiger partial charge on any atom is -0.329 e. The Morgan fingerprint density at radius 2 is 1.74 bits per heavy atom. The van der Waals surface area contributed by atoms with Crippen molar-refractivity contribution in [2.45, 2.75) is 65.3 Å². The van der Waals surface area contributed by atoms with Gasteiger partial charge < -0.3 is 5.73 Å². The topological polar surface area (TPSA) is 29.3 Å². The van der Waals surface area contributed by atoms with Crippen LogP contribution in [0.3, 0.4) is 0 Å². The van der Waals surface area contributed by atoms with Crippen LogP contribution in [0.25, 0.3) is 0 Å². The van der Waals surface area contributed by atoms with E-state index < -0.39 is 0 Å². The molecule has 2 atom stereocenters. The lowest BCUT2D eigenvalue weighted by Gasteiger charge is -2.48. The first kappa shape index (κ1) is 15.3. The van der Waals surface area contributed by atoms with E-state index in [2.05, 4.69) is 39.6 Å². The van der Waals surface area contributed by atoms with Crippen LogP contribution < -0.4 is 5.73 Å². The van der Waals surface area contributed by atoms with Crippen molar-refractivity contribution < 1.29 is 0 Å². The highest BCUT2D eigenvalue weighted by Gasteiger charge is 2.43. The molecule has 2 unspecified atom stereocenters. The molecule has 2 nitrogen and oxygen atoms in total. The molecule has 0 bridgehead atoms. The van der Waals surface area contributed by atoms with Gasteiger partial charge in [-0.1, -0.05) is 27.7 Å². The normalized spacial score (nSPS) is 39.6. The lowest BCUT2D eigenvalue weighted by Crippen LogP contribution is -2.55. The monoisotopic (exact) mass is 266 g/mol. The van der Waals surface area contributed by atoms with Crippen LogP contribution >= 0.6 is 0 Å². The molecule has 0 aromatic rings. The van der Waals surface area contributed by atoms with Crippen LogP contribution in [0.1, 0.15) is 59.8 Å². The molecule has 112 valence electrons. The van der Waals surface area contributed by atoms with Crippen molar-refractivity contribution in [3.05, 3.63) is 0 Å². The Morgan fingerprint density at radius 3 is 2.11 bits per heavy atom. The van der Waals surface area contributed by atoms with Gasteiger partial charge in [0.2, 0.25) is 0 Å². The highest BCUT2D eigenvalue weighted by molar-refractivity contribution is 4.98. The molecule has 0 saturated heterocycles. The number of likely N-dealkylation sites (N-methyl/N-ethyl adjacent to an activating group) is 1. The Kier molecular flexibility index (Phi) is 4.32. The van der Waals surface area contributed by atoms with E-state index in [9.17, 15) is 0 Å². The van der Waals surface area contributed by atoms with Crippen LogP contribution in [0.4, 0.5) is 0 Å². The molecule has 0 heterocycles. The molecule has 2 heteroatoms. The maximum atomic E-state index is 6.18. The molecule has 2 fully saturated rings. The number of hydrogen-bond acceptors (Lipinski definition) is 2. The zero-order valence-corrected chi connectivity index (χ0v) is 13.7. The zero-order valence-electron chi connectivity index (χ0n) is 13.7. The van der Waals surface area contributed by atoms with Crippen molar-refractivity contribution in [1.29, 1.82) is 0 Å². The summed E-state index contributed by atoms with van der Waals surface area (Å²) in [5.74, 6) is 2.76. The predicted octanol–water partition coefficient (Wildman–Crippen LogP) is 3.51. The Hall–Kier alpha value is -0.0800. The Morgan fingerprint density at radius 1 is 1.21 bits per heavy atom. The van der Waals surface area contributed by atoms with Gasteiger partial charge in [0.25, 0.3) is 0 Å². The van der Waals surface area contributed by atoms with Crippen LogP contribution in [0.5, 0.6) is 0 Å². The highest BCUT2D eigenvalue weighted by Crippen LogP contribution is 2.45. The fourth-order valence-electron chi connectivity index (χ4n) is 3.96. The summed E-state index contributed by atoms with van der Waals surface area (Å²) >= 11 is 0. The van der Waals surface area contributed by atoms with Gasteiger partial charge in [-0.3, -0.25) is 4.90 Å². The van der Waals surface area contributed by atoms with Gasteiger partial charge in [-0.05, 0) is 62.3 Å². The first-order valence-corrected chi connectivity index (χ1v) is 8.20. The van der Waals surface area contributed by atoms with E-state index in [1.54, 1.807) is 0 Å². The largest absolute Gasteiger partial charge is 0.329 e. The van der Waals surface area contributed by atoms with Crippen molar-refractivity contribution in [3.8, 4) is 0 Å². The van der Waals surface area contributed by atoms with Gasteiger partial charge >= 0.3 is 0 Å². The molecular weight excluding hydrogens is 232 g/mol. The first-order valence-electron chi connectivity index (χ1n) is 8.20. The third kappa shape index (κ3) is 3.33. The second-order valence-electron chi connectivity index (χ2n) is 8.42. The van der Waals surface area contributed by atoms with Crippen molar-refractivity contribution in [2.75, 3.05) is 20.1 Å². The Labute approximate surface area is 120 Å². The van der Waals surface area contributed by atoms with E-state index in [0.717, 1.165) is 24.3 Å². The van der Waals surface area contributed by atoms with E-state index >= 15 is 0 Å². The van der Waals surface area contributed by atoms with E-state index in [1.165, 1.54) is 38.6 Å². The molecular formula is C17H34N2. The number of nitrogens with two attached hydrogens (primary N) is 1. The highest BCUT2D eigenvalue weighted by atomic mass is 15.2. The van der Waals surface area contributed by atoms with Gasteiger partial charge in [0, 0.05) is 18.6 Å². The average Bonchev–Trinajstić information content (AvgIpc) is 3.03. The van der Waals surface area contributed by atoms with Gasteiger partial charge in [0.1, 0.15) is 0 Å². The van der Waals surface area contributed by atoms with Crippen LogP contribution in [-0.4, -0.2) is 30.6 Å². The summed E-state index contributed by atoms with van der Waals surface area (Å²) in [6.45, 7) is 11.7. The van der Waals surface area contributed by atoms with Crippen LogP contribution in [0.2, 0.25) is 0 Å². The van der Waals surface area contributed by atoms with Crippen LogP contribution in [-0.2, 0) is 0 Å². The van der Waals surface area contributed by atoms with Crippen molar-refractivity contribution in [2.24, 2.45) is 28.9 Å². The fraction of sp³-hybridized carbons (Fsp3) is 1.00. The maximum absolute atomic E-state index is 6.18. The molecule has 2 rings (SSSR count). The molecule has 2 saturated carbocycles. The van der Waals surface area contributed by atoms with Gasteiger partial charge in [-0.15, -0.1) is 0 Å². The second-order valence-corrected chi connectivity index (χ2v) is 8.42. The molecule has 0 amide bonds. The molecule has 2 aliphatic carbocycles. The third-order valence-corrected chi connectivity index (χ3v) is 6.12. The SMILES string of the molecule is CC1CC1CN(C)C1(CN)CCC(C(C)(C)C)CC1. The fourth-order valence-corrected chi connectivity index (χ4v) is 3.96. The number of hydrogen-bond donors (Lipinski definition) is 1. The molecule has 0 spiro atoms. The van der Waals surface area contributed by atoms with Crippen molar-refractivity contribution >= 4 is 0 Å². The summed E-state index contributed by atoms with van der Waals surface area (Å²) < 4.78 is 0. The summed E-state index contributed by atoms with van der Waals surface area (Å²) in [6, 6.07) is 0. The zero-order chi connectivity index (χ0) is 14.3. The number of nitrogens with zero attached hydrogens (tertiary/aromatic N) is 1. The standard InChI is InChI=1S/C17H34N2/c1-13-10-14(13)11-19(5)17(12-18)8-6-15(7-9-17)16(2,3)4/h13-15H,6-12,18H2,1-5H3. The third-order valence-electron chi connectivity index (χ3n) is 6.12. The molecule has 0 aromatic heterocycles. The average molecular weight is 266 g/mol. The molecule has 19 heavy (non-hydrogen) atoms. The van der Waals surface area contributed by atoms with Gasteiger partial charge in [-0.25, -0.2) is 0 Å². The smallest absolute Gasteiger partial charge is 0.0329 e. The molecule has 0 aromatic carbocycles. The molecule has 2 N–H and O–H groups in total. The van der Waals surface area contributed by atoms with E-state index in [4.69, 9.17) is 5.73 Å². The van der Waals surface area contributed by atoms with Crippen molar-refractivity contribution in [3.63, 3.8) is 0 Å². The summed E-state index contributed by atoms with van der Waals surface area (Å²) in [4.78, 5) is 2.61. The summed E-state index contributed by atoms with van der Waals surface area (Å²) in [5, 5.41) is 0. The van der Waals surface area contributed by atoms with Gasteiger partial charge in [0.15, 0.2) is 0 Å². The summed E-state index contributed by atoms with van der Waals surface area (Å²) in [5.41, 5.74) is 6.94. The van der Waals surface area contributed by atoms with Gasteiger partial charge in [-0.2, -0.15) is 0 Å². The maximum Gasteiger partial charge on any atom is 0.0329 e. The van der Waals surface area contributed by atoms with Crippen LogP contribution in [0, 0.1) is 23.2 Å². The second kappa shape index (κ2) is 5.37. The minimum atomic E-state index is 0.296. The van der Waals surface area contributed by atoms with E-state index in [0.29, 0.717) is 11.0 Å². The molecule has 0 aliphatic heterocycles. The predicted molar refractivity (Wildman–Crippen MR) is 83.1 cm³/mol. The molecule has 0 radical (unpaired) electrons.